The van der Waals surface area contributed by atoms with Crippen molar-refractivity contribution in [3.05, 3.63) is 59.2 Å². The Bertz CT molecular complexity index is 807. The first-order valence-electron chi connectivity index (χ1n) is 12.9. The zero-order valence-corrected chi connectivity index (χ0v) is 20.7. The van der Waals surface area contributed by atoms with Crippen molar-refractivity contribution in [2.24, 2.45) is 0 Å². The van der Waals surface area contributed by atoms with Crippen LogP contribution >= 0.6 is 0 Å². The van der Waals surface area contributed by atoms with E-state index in [-0.39, 0.29) is 14.9 Å². The number of fused-ring (bicyclic) bond motifs is 2. The average molecular weight is 457 g/mol. The maximum Gasteiger partial charge on any atom is 0.184 e. The second-order valence-electron chi connectivity index (χ2n) is 9.68. The number of pyridine rings is 2. The van der Waals surface area contributed by atoms with Crippen molar-refractivity contribution in [1.29, 1.82) is 0 Å². The topological polar surface area (TPSA) is 7.76 Å². The predicted molar refractivity (Wildman–Crippen MR) is 142 cm³/mol. The smallest absolute Gasteiger partial charge is 0.184 e. The molecule has 3 aliphatic rings. The van der Waals surface area contributed by atoms with Gasteiger partial charge in [-0.25, -0.2) is 9.13 Å². The van der Waals surface area contributed by atoms with Gasteiger partial charge in [-0.05, 0) is 65.0 Å². The van der Waals surface area contributed by atoms with Crippen LogP contribution in [0.2, 0.25) is 0 Å². The van der Waals surface area contributed by atoms with Crippen LogP contribution < -0.4 is 9.13 Å². The number of rotatable bonds is 3. The molecular weight excluding hydrogens is 402 g/mol. The lowest BCUT2D eigenvalue weighted by molar-refractivity contribution is -0.895. The van der Waals surface area contributed by atoms with Crippen molar-refractivity contribution in [3.63, 3.8) is 0 Å². The molecule has 2 aromatic heterocycles. The molecule has 0 atom stereocenters. The first-order chi connectivity index (χ1) is 15.1. The van der Waals surface area contributed by atoms with Crippen LogP contribution in [0.5, 0.6) is 0 Å². The molecule has 0 N–H and O–H groups in total. The van der Waals surface area contributed by atoms with Gasteiger partial charge < -0.3 is 4.48 Å². The van der Waals surface area contributed by atoms with E-state index in [1.807, 2.05) is 0 Å². The van der Waals surface area contributed by atoms with Crippen LogP contribution in [0.4, 0.5) is 0 Å². The van der Waals surface area contributed by atoms with Gasteiger partial charge in [-0.15, -0.1) is 0 Å². The maximum atomic E-state index is 2.38. The number of hydrogen-bond donors (Lipinski definition) is 0. The number of nitrogens with zero attached hydrogens (tertiary/aromatic N) is 3. The van der Waals surface area contributed by atoms with E-state index in [0.717, 1.165) is 13.1 Å². The summed E-state index contributed by atoms with van der Waals surface area (Å²) < 4.78 is 6.07. The van der Waals surface area contributed by atoms with Crippen molar-refractivity contribution in [2.45, 2.75) is 107 Å². The fourth-order valence-electron chi connectivity index (χ4n) is 5.39. The molecule has 1 aliphatic heterocycles. The van der Waals surface area contributed by atoms with Crippen LogP contribution in [-0.2, 0) is 38.8 Å². The van der Waals surface area contributed by atoms with Gasteiger partial charge in [0.15, 0.2) is 23.8 Å². The SMILES string of the molecule is C.C.CC[N+]1(C)CCCC1.CC[n+]1cccc2c1CCC2.CC[n+]1cccc2c1CCCC2. The van der Waals surface area contributed by atoms with E-state index in [0.29, 0.717) is 0 Å². The Kier molecular flexibility index (Phi) is 12.9. The Morgan fingerprint density at radius 2 is 1.12 bits per heavy atom. The molecule has 0 aromatic carbocycles. The highest BCUT2D eigenvalue weighted by Crippen LogP contribution is 2.18. The summed E-state index contributed by atoms with van der Waals surface area (Å²) in [4.78, 5) is 0. The monoisotopic (exact) mass is 456 g/mol. The normalized spacial score (nSPS) is 17.1. The van der Waals surface area contributed by atoms with Gasteiger partial charge in [-0.2, -0.15) is 0 Å². The number of likely N-dealkylation sites (tertiary alicyclic amines) is 1. The molecule has 186 valence electrons. The van der Waals surface area contributed by atoms with Crippen molar-refractivity contribution >= 4 is 0 Å². The molecule has 0 radical (unpaired) electrons. The van der Waals surface area contributed by atoms with Crippen LogP contribution in [0.15, 0.2) is 36.7 Å². The lowest BCUT2D eigenvalue weighted by Gasteiger charge is -2.26. The summed E-state index contributed by atoms with van der Waals surface area (Å²) in [5.41, 5.74) is 6.28. The summed E-state index contributed by atoms with van der Waals surface area (Å²) >= 11 is 0. The minimum absolute atomic E-state index is 0. The molecule has 2 aliphatic carbocycles. The quantitative estimate of drug-likeness (QED) is 0.403. The van der Waals surface area contributed by atoms with Gasteiger partial charge in [0.25, 0.3) is 0 Å². The lowest BCUT2D eigenvalue weighted by Crippen LogP contribution is -2.40. The van der Waals surface area contributed by atoms with Gasteiger partial charge in [0.05, 0.1) is 26.7 Å². The molecule has 0 bridgehead atoms. The van der Waals surface area contributed by atoms with Crippen LogP contribution in [-0.4, -0.2) is 31.2 Å². The van der Waals surface area contributed by atoms with Crippen LogP contribution in [0.25, 0.3) is 0 Å². The molecule has 33 heavy (non-hydrogen) atoms. The summed E-state index contributed by atoms with van der Waals surface area (Å²) in [6.07, 6.45) is 16.5. The molecule has 0 saturated carbocycles. The molecule has 5 rings (SSSR count). The molecular formula is C30H54N3+3. The molecule has 3 heteroatoms. The molecule has 2 aromatic rings. The Morgan fingerprint density at radius 1 is 0.667 bits per heavy atom. The first-order valence-corrected chi connectivity index (χ1v) is 12.9. The van der Waals surface area contributed by atoms with Crippen molar-refractivity contribution in [1.82, 2.24) is 0 Å². The summed E-state index contributed by atoms with van der Waals surface area (Å²) in [7, 11) is 2.35. The molecule has 0 unspecified atom stereocenters. The number of hydrogen-bond acceptors (Lipinski definition) is 0. The summed E-state index contributed by atoms with van der Waals surface area (Å²) in [6.45, 7) is 13.1. The van der Waals surface area contributed by atoms with Crippen LogP contribution in [0.1, 0.15) is 90.2 Å². The van der Waals surface area contributed by atoms with Crippen molar-refractivity contribution in [3.8, 4) is 0 Å². The molecule has 3 heterocycles. The van der Waals surface area contributed by atoms with E-state index in [9.17, 15) is 0 Å². The van der Waals surface area contributed by atoms with E-state index in [1.54, 1.807) is 22.5 Å². The second-order valence-corrected chi connectivity index (χ2v) is 9.68. The van der Waals surface area contributed by atoms with E-state index < -0.39 is 0 Å². The van der Waals surface area contributed by atoms with Gasteiger partial charge in [-0.1, -0.05) is 14.9 Å². The Hall–Kier alpha value is -1.74. The molecule has 0 amide bonds. The number of aryl methyl sites for hydroxylation is 4. The van der Waals surface area contributed by atoms with Crippen LogP contribution in [0.3, 0.4) is 0 Å². The van der Waals surface area contributed by atoms with Crippen molar-refractivity contribution < 1.29 is 13.6 Å². The van der Waals surface area contributed by atoms with Crippen LogP contribution in [0, 0.1) is 0 Å². The standard InChI is InChI=1S/C11H16N.C10H14N.C7H16N.2CH4/c1-2-12-9-5-7-10-6-3-4-8-11(10)12;1-2-11-8-4-6-9-5-3-7-10(9)11;1-3-8(2)6-4-5-7-8;;/h5,7,9H,2-4,6,8H2,1H3;4,6,8H,2-3,5,7H2,1H3;3-7H2,1-2H3;2*1H4/q3*+1;;. The second kappa shape index (κ2) is 14.5. The lowest BCUT2D eigenvalue weighted by atomic mass is 9.96. The highest BCUT2D eigenvalue weighted by molar-refractivity contribution is 5.20. The number of aromatic nitrogens is 2. The van der Waals surface area contributed by atoms with E-state index in [1.165, 1.54) is 81.9 Å². The average Bonchev–Trinajstić information content (AvgIpc) is 3.49. The van der Waals surface area contributed by atoms with E-state index in [2.05, 4.69) is 73.6 Å². The highest BCUT2D eigenvalue weighted by Gasteiger charge is 2.23. The van der Waals surface area contributed by atoms with Gasteiger partial charge in [-0.3, -0.25) is 0 Å². The third-order valence-electron chi connectivity index (χ3n) is 7.62. The predicted octanol–water partition coefficient (Wildman–Crippen LogP) is 5.87. The summed E-state index contributed by atoms with van der Waals surface area (Å²) in [6, 6.07) is 8.87. The Labute approximate surface area is 206 Å². The third kappa shape index (κ3) is 7.91. The summed E-state index contributed by atoms with van der Waals surface area (Å²) in [5, 5.41) is 0. The first kappa shape index (κ1) is 29.3. The molecule has 0 spiro atoms. The van der Waals surface area contributed by atoms with Gasteiger partial charge in [0.1, 0.15) is 13.1 Å². The zero-order valence-electron chi connectivity index (χ0n) is 20.7. The fraction of sp³-hybridized carbons (Fsp3) is 0.667. The Morgan fingerprint density at radius 3 is 1.58 bits per heavy atom. The number of quaternary nitrogens is 1. The van der Waals surface area contributed by atoms with Gasteiger partial charge in [0, 0.05) is 48.9 Å². The molecule has 1 saturated heterocycles. The van der Waals surface area contributed by atoms with E-state index in [4.69, 9.17) is 0 Å². The van der Waals surface area contributed by atoms with Gasteiger partial charge in [0.2, 0.25) is 0 Å². The fourth-order valence-corrected chi connectivity index (χ4v) is 5.39. The zero-order chi connectivity index (χ0) is 22.1. The summed E-state index contributed by atoms with van der Waals surface area (Å²) in [5.74, 6) is 0. The maximum absolute atomic E-state index is 2.38. The van der Waals surface area contributed by atoms with Gasteiger partial charge >= 0.3 is 0 Å². The molecule has 3 nitrogen and oxygen atoms in total. The van der Waals surface area contributed by atoms with E-state index >= 15 is 0 Å². The van der Waals surface area contributed by atoms with Crippen molar-refractivity contribution in [2.75, 3.05) is 26.7 Å². The third-order valence-corrected chi connectivity index (χ3v) is 7.62. The highest BCUT2D eigenvalue weighted by atomic mass is 15.3. The largest absolute Gasteiger partial charge is 0.326 e. The molecule has 1 fully saturated rings. The minimum atomic E-state index is 0. The minimum Gasteiger partial charge on any atom is -0.326 e. The Balaban J connectivity index is 0.000000245.